The van der Waals surface area contributed by atoms with E-state index in [2.05, 4.69) is 10.4 Å². The standard InChI is InChI=1S/C11H13F2N3/c12-9-2-1-3-10(13)8(9)6-11(16-14)15-7-4-5-7/h1-3,7H,4-6,14H2,(H,15,16). The molecule has 0 amide bonds. The van der Waals surface area contributed by atoms with E-state index in [0.29, 0.717) is 5.84 Å². The summed E-state index contributed by atoms with van der Waals surface area (Å²) < 4.78 is 26.7. The van der Waals surface area contributed by atoms with Crippen molar-refractivity contribution in [2.45, 2.75) is 25.3 Å². The molecule has 0 radical (unpaired) electrons. The smallest absolute Gasteiger partial charge is 0.129 e. The molecule has 0 saturated heterocycles. The van der Waals surface area contributed by atoms with Gasteiger partial charge in [-0.25, -0.2) is 14.6 Å². The second kappa shape index (κ2) is 4.57. The molecular weight excluding hydrogens is 212 g/mol. The molecule has 1 aromatic carbocycles. The van der Waals surface area contributed by atoms with Crippen LogP contribution in [0.3, 0.4) is 0 Å². The van der Waals surface area contributed by atoms with Gasteiger partial charge in [-0.2, -0.15) is 0 Å². The van der Waals surface area contributed by atoms with Gasteiger partial charge in [-0.15, -0.1) is 0 Å². The maximum absolute atomic E-state index is 13.3. The highest BCUT2D eigenvalue weighted by atomic mass is 19.1. The Hall–Kier alpha value is -1.49. The fraction of sp³-hybridized carbons (Fsp3) is 0.364. The number of nitrogens with two attached hydrogens (primary N) is 1. The molecule has 0 aromatic heterocycles. The van der Waals surface area contributed by atoms with Crippen molar-refractivity contribution < 1.29 is 8.78 Å². The highest BCUT2D eigenvalue weighted by molar-refractivity contribution is 5.84. The number of halogens is 2. The number of hydrogen-bond acceptors (Lipinski definition) is 2. The number of nitrogens with one attached hydrogen (secondary N) is 1. The summed E-state index contributed by atoms with van der Waals surface area (Å²) in [5.41, 5.74) is 2.39. The predicted octanol–water partition coefficient (Wildman–Crippen LogP) is 1.53. The van der Waals surface area contributed by atoms with Gasteiger partial charge in [-0.3, -0.25) is 4.99 Å². The van der Waals surface area contributed by atoms with Crippen LogP contribution in [0.4, 0.5) is 8.78 Å². The summed E-state index contributed by atoms with van der Waals surface area (Å²) in [6, 6.07) is 4.05. The molecule has 86 valence electrons. The molecule has 1 saturated carbocycles. The van der Waals surface area contributed by atoms with Gasteiger partial charge in [0, 0.05) is 12.0 Å². The van der Waals surface area contributed by atoms with Crippen molar-refractivity contribution >= 4 is 5.84 Å². The van der Waals surface area contributed by atoms with Gasteiger partial charge in [0.1, 0.15) is 17.5 Å². The van der Waals surface area contributed by atoms with Gasteiger partial charge < -0.3 is 5.43 Å². The van der Waals surface area contributed by atoms with Crippen molar-refractivity contribution in [3.63, 3.8) is 0 Å². The van der Waals surface area contributed by atoms with Crippen LogP contribution in [0.15, 0.2) is 23.2 Å². The van der Waals surface area contributed by atoms with E-state index in [-0.39, 0.29) is 18.0 Å². The van der Waals surface area contributed by atoms with Gasteiger partial charge >= 0.3 is 0 Å². The molecule has 1 fully saturated rings. The van der Waals surface area contributed by atoms with Gasteiger partial charge in [0.25, 0.3) is 0 Å². The first-order valence-corrected chi connectivity index (χ1v) is 5.17. The van der Waals surface area contributed by atoms with E-state index in [0.717, 1.165) is 12.8 Å². The molecule has 5 heteroatoms. The Labute approximate surface area is 92.3 Å². The number of hydrogen-bond donors (Lipinski definition) is 2. The van der Waals surface area contributed by atoms with E-state index in [1.54, 1.807) is 0 Å². The average molecular weight is 225 g/mol. The van der Waals surface area contributed by atoms with Crippen LogP contribution in [-0.2, 0) is 6.42 Å². The minimum atomic E-state index is -0.571. The van der Waals surface area contributed by atoms with Crippen molar-refractivity contribution in [1.29, 1.82) is 0 Å². The summed E-state index contributed by atoms with van der Waals surface area (Å²) in [6.45, 7) is 0. The second-order valence-corrected chi connectivity index (χ2v) is 3.83. The van der Waals surface area contributed by atoms with Crippen molar-refractivity contribution in [2.24, 2.45) is 10.8 Å². The summed E-state index contributed by atoms with van der Waals surface area (Å²) in [7, 11) is 0. The van der Waals surface area contributed by atoms with Gasteiger partial charge in [-0.1, -0.05) is 6.07 Å². The summed E-state index contributed by atoms with van der Waals surface area (Å²) in [6.07, 6.45) is 2.10. The fourth-order valence-electron chi connectivity index (χ4n) is 1.43. The Kier molecular flexibility index (Phi) is 3.14. The highest BCUT2D eigenvalue weighted by Crippen LogP contribution is 2.24. The summed E-state index contributed by atoms with van der Waals surface area (Å²) in [5, 5.41) is 0. The van der Waals surface area contributed by atoms with Crippen LogP contribution in [0.1, 0.15) is 18.4 Å². The lowest BCUT2D eigenvalue weighted by Crippen LogP contribution is -2.32. The molecule has 1 aliphatic rings. The number of nitrogens with zero attached hydrogens (tertiary/aromatic N) is 1. The van der Waals surface area contributed by atoms with Crippen molar-refractivity contribution in [3.8, 4) is 0 Å². The third-order valence-electron chi connectivity index (χ3n) is 2.46. The number of aliphatic imine (C=N–C) groups is 1. The minimum Gasteiger partial charge on any atom is -0.312 e. The zero-order valence-corrected chi connectivity index (χ0v) is 8.71. The van der Waals surface area contributed by atoms with Crippen LogP contribution >= 0.6 is 0 Å². The number of hydrazine groups is 1. The molecule has 1 aromatic rings. The molecule has 0 unspecified atom stereocenters. The third-order valence-corrected chi connectivity index (χ3v) is 2.46. The van der Waals surface area contributed by atoms with E-state index < -0.39 is 11.6 Å². The Bertz CT molecular complexity index is 393. The van der Waals surface area contributed by atoms with E-state index >= 15 is 0 Å². The summed E-state index contributed by atoms with van der Waals surface area (Å²) in [4.78, 5) is 4.23. The van der Waals surface area contributed by atoms with Crippen LogP contribution < -0.4 is 11.3 Å². The topological polar surface area (TPSA) is 50.4 Å². The normalized spacial score (nSPS) is 16.3. The molecular formula is C11H13F2N3. The van der Waals surface area contributed by atoms with Crippen molar-refractivity contribution in [2.75, 3.05) is 0 Å². The van der Waals surface area contributed by atoms with Crippen LogP contribution in [0.2, 0.25) is 0 Å². The molecule has 0 aliphatic heterocycles. The van der Waals surface area contributed by atoms with Gasteiger partial charge in [0.15, 0.2) is 0 Å². The van der Waals surface area contributed by atoms with E-state index in [9.17, 15) is 8.78 Å². The van der Waals surface area contributed by atoms with E-state index in [1.807, 2.05) is 0 Å². The quantitative estimate of drug-likeness (QED) is 0.355. The average Bonchev–Trinajstić information content (AvgIpc) is 3.06. The van der Waals surface area contributed by atoms with Crippen molar-refractivity contribution in [3.05, 3.63) is 35.4 Å². The Morgan fingerprint density at radius 1 is 1.38 bits per heavy atom. The summed E-state index contributed by atoms with van der Waals surface area (Å²) in [5.74, 6) is 4.55. The first kappa shape index (κ1) is 11.0. The van der Waals surface area contributed by atoms with Crippen LogP contribution in [-0.4, -0.2) is 11.9 Å². The van der Waals surface area contributed by atoms with Gasteiger partial charge in [-0.05, 0) is 25.0 Å². The number of amidine groups is 1. The largest absolute Gasteiger partial charge is 0.312 e. The van der Waals surface area contributed by atoms with E-state index in [1.165, 1.54) is 18.2 Å². The maximum Gasteiger partial charge on any atom is 0.129 e. The lowest BCUT2D eigenvalue weighted by molar-refractivity contribution is 0.563. The first-order valence-electron chi connectivity index (χ1n) is 5.17. The predicted molar refractivity (Wildman–Crippen MR) is 57.8 cm³/mol. The SMILES string of the molecule is NNC(Cc1c(F)cccc1F)=NC1CC1. The minimum absolute atomic E-state index is 0.000139. The monoisotopic (exact) mass is 225 g/mol. The van der Waals surface area contributed by atoms with Crippen LogP contribution in [0.5, 0.6) is 0 Å². The van der Waals surface area contributed by atoms with E-state index in [4.69, 9.17) is 5.84 Å². The molecule has 0 spiro atoms. The molecule has 1 aliphatic carbocycles. The molecule has 0 atom stereocenters. The maximum atomic E-state index is 13.3. The lowest BCUT2D eigenvalue weighted by atomic mass is 10.1. The van der Waals surface area contributed by atoms with Crippen LogP contribution in [0, 0.1) is 11.6 Å². The molecule has 0 bridgehead atoms. The lowest BCUT2D eigenvalue weighted by Gasteiger charge is -2.07. The third kappa shape index (κ3) is 2.55. The zero-order chi connectivity index (χ0) is 11.5. The Balaban J connectivity index is 2.18. The van der Waals surface area contributed by atoms with Crippen LogP contribution in [0.25, 0.3) is 0 Å². The van der Waals surface area contributed by atoms with Crippen molar-refractivity contribution in [1.82, 2.24) is 5.43 Å². The Morgan fingerprint density at radius 2 is 2.00 bits per heavy atom. The zero-order valence-electron chi connectivity index (χ0n) is 8.71. The molecule has 16 heavy (non-hydrogen) atoms. The van der Waals surface area contributed by atoms with Gasteiger partial charge in [0.2, 0.25) is 0 Å². The molecule has 2 rings (SSSR count). The number of benzene rings is 1. The molecule has 0 heterocycles. The molecule has 3 nitrogen and oxygen atoms in total. The fourth-order valence-corrected chi connectivity index (χ4v) is 1.43. The molecule has 3 N–H and O–H groups in total. The highest BCUT2D eigenvalue weighted by Gasteiger charge is 2.21. The van der Waals surface area contributed by atoms with Gasteiger partial charge in [0.05, 0.1) is 6.04 Å². The second-order valence-electron chi connectivity index (χ2n) is 3.83. The first-order chi connectivity index (χ1) is 7.70. The Morgan fingerprint density at radius 3 is 2.50 bits per heavy atom. The number of rotatable bonds is 3. The summed E-state index contributed by atoms with van der Waals surface area (Å²) >= 11 is 0.